The molecule has 0 radical (unpaired) electrons. The zero-order chi connectivity index (χ0) is 18.5. The Kier molecular flexibility index (Phi) is 5.34. The predicted molar refractivity (Wildman–Crippen MR) is 99.3 cm³/mol. The second-order valence-corrected chi connectivity index (χ2v) is 5.94. The number of aryl methyl sites for hydroxylation is 1. The van der Waals surface area contributed by atoms with Crippen LogP contribution in [0, 0.1) is 12.7 Å². The number of nitrogens with one attached hydrogen (secondary N) is 2. The highest BCUT2D eigenvalue weighted by atomic mass is 35.5. The highest BCUT2D eigenvalue weighted by molar-refractivity contribution is 6.30. The summed E-state index contributed by atoms with van der Waals surface area (Å²) in [6.07, 6.45) is 1.52. The Morgan fingerprint density at radius 1 is 1.12 bits per heavy atom. The van der Waals surface area contributed by atoms with Crippen LogP contribution in [0.25, 0.3) is 5.57 Å². The number of halogens is 2. The minimum atomic E-state index is -0.422. The van der Waals surface area contributed by atoms with Gasteiger partial charge in [0.05, 0.1) is 5.69 Å². The summed E-state index contributed by atoms with van der Waals surface area (Å²) in [6, 6.07) is 14.2. The van der Waals surface area contributed by atoms with Gasteiger partial charge in [0.2, 0.25) is 0 Å². The smallest absolute Gasteiger partial charge is 0.261 e. The van der Waals surface area contributed by atoms with E-state index < -0.39 is 5.91 Å². The molecule has 0 aliphatic rings. The van der Waals surface area contributed by atoms with Crippen LogP contribution in [-0.2, 0) is 4.79 Å². The van der Waals surface area contributed by atoms with E-state index in [1.807, 2.05) is 0 Å². The van der Waals surface area contributed by atoms with Crippen molar-refractivity contribution in [1.82, 2.24) is 5.16 Å². The van der Waals surface area contributed by atoms with E-state index in [4.69, 9.17) is 16.1 Å². The zero-order valence-corrected chi connectivity index (χ0v) is 14.5. The van der Waals surface area contributed by atoms with Gasteiger partial charge in [-0.2, -0.15) is 0 Å². The quantitative estimate of drug-likeness (QED) is 0.628. The van der Waals surface area contributed by atoms with Crippen molar-refractivity contribution in [2.75, 3.05) is 10.6 Å². The molecule has 132 valence electrons. The Morgan fingerprint density at radius 2 is 1.77 bits per heavy atom. The maximum atomic E-state index is 13.0. The molecule has 0 spiro atoms. The molecule has 2 N–H and O–H groups in total. The van der Waals surface area contributed by atoms with E-state index in [0.29, 0.717) is 22.2 Å². The molecule has 26 heavy (non-hydrogen) atoms. The van der Waals surface area contributed by atoms with E-state index in [1.54, 1.807) is 37.3 Å². The summed E-state index contributed by atoms with van der Waals surface area (Å²) in [4.78, 5) is 12.7. The summed E-state index contributed by atoms with van der Waals surface area (Å²) in [5.74, 6) is -0.494. The van der Waals surface area contributed by atoms with Crippen LogP contribution in [0.4, 0.5) is 15.8 Å². The van der Waals surface area contributed by atoms with Gasteiger partial charge < -0.3 is 15.2 Å². The first-order chi connectivity index (χ1) is 12.5. The summed E-state index contributed by atoms with van der Waals surface area (Å²) < 4.78 is 18.2. The lowest BCUT2D eigenvalue weighted by Crippen LogP contribution is -2.14. The van der Waals surface area contributed by atoms with Crippen molar-refractivity contribution < 1.29 is 13.7 Å². The molecule has 0 aliphatic carbocycles. The minimum Gasteiger partial charge on any atom is -0.361 e. The maximum absolute atomic E-state index is 13.0. The van der Waals surface area contributed by atoms with Gasteiger partial charge in [0.1, 0.15) is 11.4 Å². The molecule has 0 saturated carbocycles. The normalized spacial score (nSPS) is 11.3. The topological polar surface area (TPSA) is 67.2 Å². The molecule has 0 fully saturated rings. The molecule has 7 heteroatoms. The number of benzene rings is 2. The average molecular weight is 372 g/mol. The molecular weight excluding hydrogens is 357 g/mol. The number of carbonyl (C=O) groups is 1. The molecule has 1 amide bonds. The molecule has 2 aromatic carbocycles. The summed E-state index contributed by atoms with van der Waals surface area (Å²) in [5.41, 5.74) is 2.10. The van der Waals surface area contributed by atoms with Gasteiger partial charge in [-0.15, -0.1) is 0 Å². The van der Waals surface area contributed by atoms with Gasteiger partial charge in [-0.1, -0.05) is 16.8 Å². The number of hydrogen-bond donors (Lipinski definition) is 2. The third kappa shape index (κ3) is 4.49. The van der Waals surface area contributed by atoms with Crippen molar-refractivity contribution in [3.63, 3.8) is 0 Å². The van der Waals surface area contributed by atoms with E-state index in [-0.39, 0.29) is 11.4 Å². The van der Waals surface area contributed by atoms with Crippen LogP contribution in [0.3, 0.4) is 0 Å². The number of aromatic nitrogens is 1. The number of carbonyl (C=O) groups excluding carboxylic acids is 1. The van der Waals surface area contributed by atoms with Gasteiger partial charge in [0, 0.05) is 28.7 Å². The number of anilines is 2. The number of hydrogen-bond acceptors (Lipinski definition) is 4. The van der Waals surface area contributed by atoms with E-state index in [1.165, 1.54) is 30.5 Å². The highest BCUT2D eigenvalue weighted by Gasteiger charge is 2.17. The van der Waals surface area contributed by atoms with Crippen molar-refractivity contribution >= 4 is 34.5 Å². The van der Waals surface area contributed by atoms with E-state index in [2.05, 4.69) is 15.8 Å². The van der Waals surface area contributed by atoms with Crippen LogP contribution in [0.5, 0.6) is 0 Å². The fourth-order valence-electron chi connectivity index (χ4n) is 2.17. The van der Waals surface area contributed by atoms with Crippen molar-refractivity contribution in [3.8, 4) is 0 Å². The lowest BCUT2D eigenvalue weighted by Gasteiger charge is -2.08. The first-order valence-electron chi connectivity index (χ1n) is 7.74. The van der Waals surface area contributed by atoms with Crippen molar-refractivity contribution in [2.45, 2.75) is 6.92 Å². The molecular formula is C19H15ClFN3O2. The first kappa shape index (κ1) is 17.7. The van der Waals surface area contributed by atoms with Crippen LogP contribution in [0.1, 0.15) is 11.5 Å². The third-order valence-electron chi connectivity index (χ3n) is 3.47. The second kappa shape index (κ2) is 7.84. The largest absolute Gasteiger partial charge is 0.361 e. The summed E-state index contributed by atoms with van der Waals surface area (Å²) in [6.45, 7) is 1.76. The molecule has 1 heterocycles. The van der Waals surface area contributed by atoms with Crippen molar-refractivity contribution in [3.05, 3.63) is 83.1 Å². The summed E-state index contributed by atoms with van der Waals surface area (Å²) in [5, 5.41) is 10.2. The Hall–Kier alpha value is -3.12. The highest BCUT2D eigenvalue weighted by Crippen LogP contribution is 2.20. The monoisotopic (exact) mass is 371 g/mol. The lowest BCUT2D eigenvalue weighted by molar-refractivity contribution is -0.111. The Morgan fingerprint density at radius 3 is 2.38 bits per heavy atom. The van der Waals surface area contributed by atoms with Gasteiger partial charge in [-0.25, -0.2) is 4.39 Å². The SMILES string of the molecule is Cc1cc(/C(=C\Nc2ccc(Cl)cc2)C(=O)Nc2ccc(F)cc2)on1. The first-order valence-corrected chi connectivity index (χ1v) is 8.12. The van der Waals surface area contributed by atoms with E-state index >= 15 is 0 Å². The van der Waals surface area contributed by atoms with Crippen LogP contribution < -0.4 is 10.6 Å². The molecule has 3 aromatic rings. The molecule has 3 rings (SSSR count). The van der Waals surface area contributed by atoms with Gasteiger partial charge >= 0.3 is 0 Å². The third-order valence-corrected chi connectivity index (χ3v) is 3.72. The number of nitrogens with zero attached hydrogens (tertiary/aromatic N) is 1. The van der Waals surface area contributed by atoms with Gasteiger partial charge in [-0.3, -0.25) is 4.79 Å². The number of amides is 1. The van der Waals surface area contributed by atoms with Crippen LogP contribution in [-0.4, -0.2) is 11.1 Å². The molecule has 0 unspecified atom stereocenters. The fourth-order valence-corrected chi connectivity index (χ4v) is 2.30. The second-order valence-electron chi connectivity index (χ2n) is 5.50. The standard InChI is InChI=1S/C19H15ClFN3O2/c1-12-10-18(26-24-12)17(11-22-15-6-2-13(20)3-7-15)19(25)23-16-8-4-14(21)5-9-16/h2-11,22H,1H3,(H,23,25)/b17-11+. The van der Waals surface area contributed by atoms with Gasteiger partial charge in [0.25, 0.3) is 5.91 Å². The Bertz CT molecular complexity index is 934. The summed E-state index contributed by atoms with van der Waals surface area (Å²) in [7, 11) is 0. The van der Waals surface area contributed by atoms with Crippen molar-refractivity contribution in [1.29, 1.82) is 0 Å². The van der Waals surface area contributed by atoms with Crippen LogP contribution >= 0.6 is 11.6 Å². The predicted octanol–water partition coefficient (Wildman–Crippen LogP) is 4.87. The van der Waals surface area contributed by atoms with Gasteiger partial charge in [0.15, 0.2) is 5.76 Å². The maximum Gasteiger partial charge on any atom is 0.261 e. The van der Waals surface area contributed by atoms with Crippen LogP contribution in [0.15, 0.2) is 65.3 Å². The molecule has 0 atom stereocenters. The van der Waals surface area contributed by atoms with Gasteiger partial charge in [-0.05, 0) is 55.5 Å². The van der Waals surface area contributed by atoms with Crippen LogP contribution in [0.2, 0.25) is 5.02 Å². The fraction of sp³-hybridized carbons (Fsp3) is 0.0526. The average Bonchev–Trinajstić information content (AvgIpc) is 3.05. The molecule has 1 aromatic heterocycles. The van der Waals surface area contributed by atoms with E-state index in [0.717, 1.165) is 5.69 Å². The number of rotatable bonds is 5. The Labute approximate surface area is 154 Å². The minimum absolute atomic E-state index is 0.241. The van der Waals surface area contributed by atoms with Crippen molar-refractivity contribution in [2.24, 2.45) is 0 Å². The zero-order valence-electron chi connectivity index (χ0n) is 13.8. The molecule has 5 nitrogen and oxygen atoms in total. The van der Waals surface area contributed by atoms with E-state index in [9.17, 15) is 9.18 Å². The molecule has 0 bridgehead atoms. The molecule has 0 aliphatic heterocycles. The molecule has 0 saturated heterocycles. The summed E-state index contributed by atoms with van der Waals surface area (Å²) >= 11 is 5.87. The Balaban J connectivity index is 1.84. The lowest BCUT2D eigenvalue weighted by atomic mass is 10.2.